The standard InChI is InChI=1S/C26H26N2O2/c29-25(27-17-15-20-9-3-1-4-10-20)23-16-18-28(26(23)30)24-14-8-7-13-22(24)19-21-11-5-2-6-12-21/h1-14,23H,15-19H2,(H,27,29). The minimum absolute atomic E-state index is 0.104. The van der Waals surface area contributed by atoms with Gasteiger partial charge < -0.3 is 10.2 Å². The van der Waals surface area contributed by atoms with E-state index in [0.717, 1.165) is 24.1 Å². The Morgan fingerprint density at radius 2 is 1.50 bits per heavy atom. The van der Waals surface area contributed by atoms with Crippen molar-refractivity contribution in [3.63, 3.8) is 0 Å². The minimum Gasteiger partial charge on any atom is -0.355 e. The second kappa shape index (κ2) is 9.40. The first kappa shape index (κ1) is 19.9. The molecule has 0 aromatic heterocycles. The van der Waals surface area contributed by atoms with Gasteiger partial charge in [0.25, 0.3) is 0 Å². The topological polar surface area (TPSA) is 49.4 Å². The molecule has 1 atom stereocenters. The highest BCUT2D eigenvalue weighted by molar-refractivity contribution is 6.09. The monoisotopic (exact) mass is 398 g/mol. The summed E-state index contributed by atoms with van der Waals surface area (Å²) in [5, 5.41) is 2.94. The summed E-state index contributed by atoms with van der Waals surface area (Å²) in [5.41, 5.74) is 4.38. The number of nitrogens with zero attached hydrogens (tertiary/aromatic N) is 1. The molecule has 1 aliphatic heterocycles. The second-order valence-electron chi connectivity index (χ2n) is 7.65. The molecule has 1 aliphatic rings. The van der Waals surface area contributed by atoms with Gasteiger partial charge in [-0.25, -0.2) is 0 Å². The maximum absolute atomic E-state index is 13.1. The first-order valence-electron chi connectivity index (χ1n) is 10.5. The van der Waals surface area contributed by atoms with Crippen molar-refractivity contribution in [3.8, 4) is 0 Å². The van der Waals surface area contributed by atoms with E-state index in [0.29, 0.717) is 19.5 Å². The van der Waals surface area contributed by atoms with Crippen LogP contribution in [0.1, 0.15) is 23.1 Å². The number of carbonyl (C=O) groups excluding carboxylic acids is 2. The van der Waals surface area contributed by atoms with Crippen LogP contribution in [0, 0.1) is 5.92 Å². The Morgan fingerprint density at radius 1 is 0.867 bits per heavy atom. The number of benzene rings is 3. The van der Waals surface area contributed by atoms with Crippen molar-refractivity contribution in [2.75, 3.05) is 18.0 Å². The Labute approximate surface area is 177 Å². The van der Waals surface area contributed by atoms with Gasteiger partial charge in [-0.2, -0.15) is 0 Å². The molecule has 4 rings (SSSR count). The van der Waals surface area contributed by atoms with Crippen LogP contribution in [-0.2, 0) is 22.4 Å². The zero-order valence-corrected chi connectivity index (χ0v) is 17.0. The van der Waals surface area contributed by atoms with Crippen LogP contribution in [0.4, 0.5) is 5.69 Å². The molecule has 2 amide bonds. The molecule has 3 aromatic carbocycles. The summed E-state index contributed by atoms with van der Waals surface area (Å²) in [6.45, 7) is 1.11. The van der Waals surface area contributed by atoms with Crippen LogP contribution >= 0.6 is 0 Å². The first-order valence-corrected chi connectivity index (χ1v) is 10.5. The summed E-state index contributed by atoms with van der Waals surface area (Å²) in [5.74, 6) is -0.878. The lowest BCUT2D eigenvalue weighted by Crippen LogP contribution is -2.37. The number of hydrogen-bond acceptors (Lipinski definition) is 2. The largest absolute Gasteiger partial charge is 0.355 e. The van der Waals surface area contributed by atoms with Gasteiger partial charge in [0.2, 0.25) is 11.8 Å². The van der Waals surface area contributed by atoms with Crippen molar-refractivity contribution >= 4 is 17.5 Å². The van der Waals surface area contributed by atoms with Crippen LogP contribution in [0.15, 0.2) is 84.9 Å². The van der Waals surface area contributed by atoms with Crippen molar-refractivity contribution in [1.29, 1.82) is 0 Å². The number of para-hydroxylation sites is 1. The smallest absolute Gasteiger partial charge is 0.239 e. The van der Waals surface area contributed by atoms with E-state index in [1.54, 1.807) is 4.90 Å². The molecule has 1 fully saturated rings. The van der Waals surface area contributed by atoms with E-state index in [9.17, 15) is 9.59 Å². The highest BCUT2D eigenvalue weighted by Gasteiger charge is 2.38. The lowest BCUT2D eigenvalue weighted by atomic mass is 10.0. The number of hydrogen-bond donors (Lipinski definition) is 1. The van der Waals surface area contributed by atoms with E-state index in [2.05, 4.69) is 23.5 Å². The van der Waals surface area contributed by atoms with E-state index >= 15 is 0 Å². The zero-order valence-electron chi connectivity index (χ0n) is 17.0. The molecular weight excluding hydrogens is 372 g/mol. The first-order chi connectivity index (χ1) is 14.7. The molecule has 0 bridgehead atoms. The number of nitrogens with one attached hydrogen (secondary N) is 1. The third-order valence-electron chi connectivity index (χ3n) is 5.60. The third-order valence-corrected chi connectivity index (χ3v) is 5.60. The molecule has 1 saturated heterocycles. The summed E-state index contributed by atoms with van der Waals surface area (Å²) in [4.78, 5) is 27.5. The van der Waals surface area contributed by atoms with Crippen LogP contribution < -0.4 is 10.2 Å². The molecule has 3 aromatic rings. The van der Waals surface area contributed by atoms with Gasteiger partial charge in [0.15, 0.2) is 0 Å². The Hall–Kier alpha value is -3.40. The molecule has 0 saturated carbocycles. The van der Waals surface area contributed by atoms with Crippen molar-refractivity contribution in [1.82, 2.24) is 5.32 Å². The number of rotatable bonds is 7. The fourth-order valence-electron chi connectivity index (χ4n) is 4.00. The lowest BCUT2D eigenvalue weighted by molar-refractivity contribution is -0.132. The minimum atomic E-state index is -0.606. The molecule has 152 valence electrons. The summed E-state index contributed by atoms with van der Waals surface area (Å²) >= 11 is 0. The average Bonchev–Trinajstić information content (AvgIpc) is 3.17. The predicted octanol–water partition coefficient (Wildman–Crippen LogP) is 3.99. The van der Waals surface area contributed by atoms with E-state index in [1.165, 1.54) is 11.1 Å². The normalized spacial score (nSPS) is 15.9. The maximum Gasteiger partial charge on any atom is 0.239 e. The van der Waals surface area contributed by atoms with E-state index in [-0.39, 0.29) is 11.8 Å². The van der Waals surface area contributed by atoms with Gasteiger partial charge >= 0.3 is 0 Å². The molecule has 1 unspecified atom stereocenters. The van der Waals surface area contributed by atoms with Gasteiger partial charge in [0, 0.05) is 18.8 Å². The van der Waals surface area contributed by atoms with Crippen molar-refractivity contribution in [2.24, 2.45) is 5.92 Å². The molecule has 1 N–H and O–H groups in total. The van der Waals surface area contributed by atoms with E-state index in [4.69, 9.17) is 0 Å². The third kappa shape index (κ3) is 4.60. The number of carbonyl (C=O) groups is 2. The second-order valence-corrected chi connectivity index (χ2v) is 7.65. The molecule has 4 heteroatoms. The van der Waals surface area contributed by atoms with Gasteiger partial charge in [-0.15, -0.1) is 0 Å². The molecule has 0 aliphatic carbocycles. The van der Waals surface area contributed by atoms with Gasteiger partial charge in [0.1, 0.15) is 5.92 Å². The van der Waals surface area contributed by atoms with Gasteiger partial charge in [-0.05, 0) is 42.0 Å². The quantitative estimate of drug-likeness (QED) is 0.612. The van der Waals surface area contributed by atoms with Crippen LogP contribution in [-0.4, -0.2) is 24.9 Å². The lowest BCUT2D eigenvalue weighted by Gasteiger charge is -2.20. The van der Waals surface area contributed by atoms with Gasteiger partial charge in [-0.3, -0.25) is 9.59 Å². The van der Waals surface area contributed by atoms with E-state index in [1.807, 2.05) is 66.7 Å². The summed E-state index contributed by atoms with van der Waals surface area (Å²) in [7, 11) is 0. The molecule has 4 nitrogen and oxygen atoms in total. The SMILES string of the molecule is O=C(NCCc1ccccc1)C1CCN(c2ccccc2Cc2ccccc2)C1=O. The fraction of sp³-hybridized carbons (Fsp3) is 0.231. The Bertz CT molecular complexity index is 1000. The van der Waals surface area contributed by atoms with E-state index < -0.39 is 5.92 Å². The van der Waals surface area contributed by atoms with Crippen molar-refractivity contribution in [2.45, 2.75) is 19.3 Å². The summed E-state index contributed by atoms with van der Waals surface area (Å²) in [6.07, 6.45) is 2.07. The fourth-order valence-corrected chi connectivity index (χ4v) is 4.00. The summed E-state index contributed by atoms with van der Waals surface area (Å²) < 4.78 is 0. The maximum atomic E-state index is 13.1. The predicted molar refractivity (Wildman–Crippen MR) is 119 cm³/mol. The highest BCUT2D eigenvalue weighted by Crippen LogP contribution is 2.29. The molecule has 30 heavy (non-hydrogen) atoms. The summed E-state index contributed by atoms with van der Waals surface area (Å²) in [6, 6.07) is 28.2. The van der Waals surface area contributed by atoms with Crippen LogP contribution in [0.25, 0.3) is 0 Å². The van der Waals surface area contributed by atoms with Crippen LogP contribution in [0.5, 0.6) is 0 Å². The van der Waals surface area contributed by atoms with Crippen LogP contribution in [0.3, 0.4) is 0 Å². The molecule has 1 heterocycles. The number of anilines is 1. The van der Waals surface area contributed by atoms with Crippen LogP contribution in [0.2, 0.25) is 0 Å². The Kier molecular flexibility index (Phi) is 6.23. The highest BCUT2D eigenvalue weighted by atomic mass is 16.2. The zero-order chi connectivity index (χ0) is 20.8. The molecule has 0 spiro atoms. The number of amides is 2. The Balaban J connectivity index is 1.40. The Morgan fingerprint density at radius 3 is 2.23 bits per heavy atom. The van der Waals surface area contributed by atoms with Crippen molar-refractivity contribution in [3.05, 3.63) is 102 Å². The van der Waals surface area contributed by atoms with Crippen molar-refractivity contribution < 1.29 is 9.59 Å². The average molecular weight is 399 g/mol. The van der Waals surface area contributed by atoms with Gasteiger partial charge in [0.05, 0.1) is 0 Å². The molecular formula is C26H26N2O2. The molecule has 0 radical (unpaired) electrons. The van der Waals surface area contributed by atoms with Gasteiger partial charge in [-0.1, -0.05) is 78.9 Å².